The normalized spacial score (nSPS) is 10.8. The summed E-state index contributed by atoms with van der Waals surface area (Å²) in [5, 5.41) is 7.73. The largest absolute Gasteiger partial charge is 0.493 e. The Kier molecular flexibility index (Phi) is 5.06. The minimum atomic E-state index is -0.327. The van der Waals surface area contributed by atoms with Crippen molar-refractivity contribution >= 4 is 0 Å². The Balaban J connectivity index is 2.02. The highest BCUT2D eigenvalue weighted by molar-refractivity contribution is 5.49. The summed E-state index contributed by atoms with van der Waals surface area (Å²) in [6, 6.07) is 11.5. The van der Waals surface area contributed by atoms with Crippen LogP contribution >= 0.6 is 0 Å². The fourth-order valence-electron chi connectivity index (χ4n) is 2.67. The topological polar surface area (TPSA) is 71.2 Å². The van der Waals surface area contributed by atoms with E-state index < -0.39 is 0 Å². The number of aromatic nitrogens is 4. The predicted octanol–water partition coefficient (Wildman–Crippen LogP) is 2.56. The Morgan fingerprint density at radius 2 is 1.85 bits per heavy atom. The molecule has 0 aliphatic rings. The van der Waals surface area contributed by atoms with Crippen LogP contribution in [0, 0.1) is 13.8 Å². The zero-order valence-electron chi connectivity index (χ0n) is 15.4. The van der Waals surface area contributed by atoms with Crippen LogP contribution in [0.15, 0.2) is 41.2 Å². The lowest BCUT2D eigenvalue weighted by Crippen LogP contribution is -2.23. The van der Waals surface area contributed by atoms with E-state index in [2.05, 4.69) is 10.4 Å². The smallest absolute Gasteiger partial charge is 0.368 e. The fraction of sp³-hybridized carbons (Fsp3) is 0.316. The molecular weight excluding hydrogens is 332 g/mol. The molecule has 0 saturated heterocycles. The SMILES string of the molecule is CCOc1cccc(-n2nnn(C)c2=O)c1COc1cc(C)ccc1C. The van der Waals surface area contributed by atoms with E-state index in [0.717, 1.165) is 22.4 Å². The van der Waals surface area contributed by atoms with Crippen molar-refractivity contribution in [3.8, 4) is 17.2 Å². The summed E-state index contributed by atoms with van der Waals surface area (Å²) in [7, 11) is 1.56. The van der Waals surface area contributed by atoms with Gasteiger partial charge in [-0.2, -0.15) is 9.36 Å². The first-order valence-corrected chi connectivity index (χ1v) is 8.45. The maximum absolute atomic E-state index is 12.3. The van der Waals surface area contributed by atoms with Crippen molar-refractivity contribution in [2.75, 3.05) is 6.61 Å². The van der Waals surface area contributed by atoms with Gasteiger partial charge in [0.05, 0.1) is 17.9 Å². The maximum atomic E-state index is 12.3. The third-order valence-corrected chi connectivity index (χ3v) is 4.07. The van der Waals surface area contributed by atoms with E-state index in [1.54, 1.807) is 13.1 Å². The molecule has 0 bridgehead atoms. The third kappa shape index (κ3) is 3.46. The van der Waals surface area contributed by atoms with E-state index in [1.165, 1.54) is 9.36 Å². The zero-order chi connectivity index (χ0) is 18.7. The van der Waals surface area contributed by atoms with Gasteiger partial charge in [0.25, 0.3) is 0 Å². The predicted molar refractivity (Wildman–Crippen MR) is 98.0 cm³/mol. The highest BCUT2D eigenvalue weighted by Gasteiger charge is 2.16. The van der Waals surface area contributed by atoms with Gasteiger partial charge in [-0.05, 0) is 60.5 Å². The highest BCUT2D eigenvalue weighted by atomic mass is 16.5. The molecule has 2 aromatic carbocycles. The monoisotopic (exact) mass is 354 g/mol. The van der Waals surface area contributed by atoms with Gasteiger partial charge in [-0.1, -0.05) is 18.2 Å². The van der Waals surface area contributed by atoms with Crippen LogP contribution in [0.3, 0.4) is 0 Å². The van der Waals surface area contributed by atoms with E-state index in [4.69, 9.17) is 9.47 Å². The molecule has 0 atom stereocenters. The maximum Gasteiger partial charge on any atom is 0.368 e. The number of hydrogen-bond donors (Lipinski definition) is 0. The second-order valence-electron chi connectivity index (χ2n) is 6.04. The van der Waals surface area contributed by atoms with E-state index in [9.17, 15) is 4.79 Å². The number of aryl methyl sites for hydroxylation is 3. The number of nitrogens with zero attached hydrogens (tertiary/aromatic N) is 4. The van der Waals surface area contributed by atoms with E-state index in [-0.39, 0.29) is 12.3 Å². The molecule has 3 aromatic rings. The molecule has 0 spiro atoms. The van der Waals surface area contributed by atoms with Crippen molar-refractivity contribution in [3.63, 3.8) is 0 Å². The fourth-order valence-corrected chi connectivity index (χ4v) is 2.67. The number of hydrogen-bond acceptors (Lipinski definition) is 5. The molecule has 0 N–H and O–H groups in total. The Morgan fingerprint density at radius 3 is 2.54 bits per heavy atom. The van der Waals surface area contributed by atoms with Crippen LogP contribution in [-0.4, -0.2) is 26.4 Å². The first-order chi connectivity index (χ1) is 12.5. The Morgan fingerprint density at radius 1 is 1.04 bits per heavy atom. The van der Waals surface area contributed by atoms with Gasteiger partial charge in [0, 0.05) is 7.05 Å². The summed E-state index contributed by atoms with van der Waals surface area (Å²) < 4.78 is 14.2. The van der Waals surface area contributed by atoms with Crippen molar-refractivity contribution in [1.82, 2.24) is 19.8 Å². The molecule has 0 aliphatic heterocycles. The first-order valence-electron chi connectivity index (χ1n) is 8.45. The van der Waals surface area contributed by atoms with Gasteiger partial charge >= 0.3 is 5.69 Å². The van der Waals surface area contributed by atoms with Gasteiger partial charge in [-0.25, -0.2) is 4.79 Å². The second kappa shape index (κ2) is 7.43. The molecule has 0 unspecified atom stereocenters. The Hall–Kier alpha value is -3.09. The van der Waals surface area contributed by atoms with Crippen molar-refractivity contribution in [2.24, 2.45) is 7.05 Å². The molecule has 1 aromatic heterocycles. The lowest BCUT2D eigenvalue weighted by atomic mass is 10.1. The number of tetrazole rings is 1. The van der Waals surface area contributed by atoms with Crippen LogP contribution < -0.4 is 15.2 Å². The molecule has 0 radical (unpaired) electrons. The molecule has 7 nitrogen and oxygen atoms in total. The highest BCUT2D eigenvalue weighted by Crippen LogP contribution is 2.27. The molecule has 136 valence electrons. The zero-order valence-corrected chi connectivity index (χ0v) is 15.4. The summed E-state index contributed by atoms with van der Waals surface area (Å²) >= 11 is 0. The molecule has 26 heavy (non-hydrogen) atoms. The van der Waals surface area contributed by atoms with Crippen LogP contribution in [0.2, 0.25) is 0 Å². The van der Waals surface area contributed by atoms with Gasteiger partial charge in [-0.3, -0.25) is 0 Å². The van der Waals surface area contributed by atoms with Gasteiger partial charge in [0.2, 0.25) is 0 Å². The van der Waals surface area contributed by atoms with Gasteiger partial charge in [0.15, 0.2) is 0 Å². The average molecular weight is 354 g/mol. The van der Waals surface area contributed by atoms with E-state index in [1.807, 2.05) is 51.1 Å². The van der Waals surface area contributed by atoms with Crippen LogP contribution in [-0.2, 0) is 13.7 Å². The summed E-state index contributed by atoms with van der Waals surface area (Å²) in [6.07, 6.45) is 0. The quantitative estimate of drug-likeness (QED) is 0.680. The number of rotatable bonds is 6. The first kappa shape index (κ1) is 17.7. The molecule has 0 aliphatic carbocycles. The molecule has 3 rings (SSSR count). The number of benzene rings is 2. The molecule has 0 amide bonds. The van der Waals surface area contributed by atoms with Gasteiger partial charge in [0.1, 0.15) is 18.1 Å². The van der Waals surface area contributed by atoms with Gasteiger partial charge in [-0.15, -0.1) is 0 Å². The van der Waals surface area contributed by atoms with Crippen LogP contribution in [0.25, 0.3) is 5.69 Å². The lowest BCUT2D eigenvalue weighted by Gasteiger charge is -2.16. The van der Waals surface area contributed by atoms with Crippen LogP contribution in [0.1, 0.15) is 23.6 Å². The lowest BCUT2D eigenvalue weighted by molar-refractivity contribution is 0.284. The standard InChI is InChI=1S/C19H22N4O3/c1-5-25-17-8-6-7-16(23-19(24)22(4)20-21-23)15(17)12-26-18-11-13(2)9-10-14(18)3/h6-11H,5,12H2,1-4H3. The average Bonchev–Trinajstić information content (AvgIpc) is 2.95. The minimum absolute atomic E-state index is 0.249. The molecule has 1 heterocycles. The summed E-state index contributed by atoms with van der Waals surface area (Å²) in [5.74, 6) is 1.46. The van der Waals surface area contributed by atoms with Crippen molar-refractivity contribution in [1.29, 1.82) is 0 Å². The molecule has 0 fully saturated rings. The molecular formula is C19H22N4O3. The second-order valence-corrected chi connectivity index (χ2v) is 6.04. The van der Waals surface area contributed by atoms with Crippen molar-refractivity contribution in [3.05, 3.63) is 63.6 Å². The van der Waals surface area contributed by atoms with Crippen molar-refractivity contribution in [2.45, 2.75) is 27.4 Å². The van der Waals surface area contributed by atoms with Crippen LogP contribution in [0.4, 0.5) is 0 Å². The minimum Gasteiger partial charge on any atom is -0.493 e. The van der Waals surface area contributed by atoms with Crippen molar-refractivity contribution < 1.29 is 9.47 Å². The Labute approximate surface area is 151 Å². The Bertz CT molecular complexity index is 975. The molecule has 0 saturated carbocycles. The summed E-state index contributed by atoms with van der Waals surface area (Å²) in [5.41, 5.74) is 3.18. The summed E-state index contributed by atoms with van der Waals surface area (Å²) in [4.78, 5) is 12.3. The number of ether oxygens (including phenoxy) is 2. The van der Waals surface area contributed by atoms with Gasteiger partial charge < -0.3 is 9.47 Å². The third-order valence-electron chi connectivity index (χ3n) is 4.07. The summed E-state index contributed by atoms with van der Waals surface area (Å²) in [6.45, 7) is 6.69. The van der Waals surface area contributed by atoms with Crippen LogP contribution in [0.5, 0.6) is 11.5 Å². The molecule has 7 heteroatoms. The van der Waals surface area contributed by atoms with E-state index in [0.29, 0.717) is 18.0 Å². The van der Waals surface area contributed by atoms with E-state index >= 15 is 0 Å².